The fourth-order valence-corrected chi connectivity index (χ4v) is 2.07. The minimum atomic E-state index is -0.303. The molecule has 3 nitrogen and oxygen atoms in total. The van der Waals surface area contributed by atoms with Crippen molar-refractivity contribution in [3.05, 3.63) is 0 Å². The molecule has 0 aliphatic rings. The Balaban J connectivity index is 4.04. The third-order valence-corrected chi connectivity index (χ3v) is 3.28. The highest BCUT2D eigenvalue weighted by Crippen LogP contribution is 2.16. The molecule has 0 aliphatic carbocycles. The fourth-order valence-electron chi connectivity index (χ4n) is 2.07. The smallest absolute Gasteiger partial charge is 0.106 e. The molecule has 1 unspecified atom stereocenters. The van der Waals surface area contributed by atoms with E-state index in [1.165, 1.54) is 6.42 Å². The van der Waals surface area contributed by atoms with Crippen LogP contribution in [0.3, 0.4) is 0 Å². The predicted octanol–water partition coefficient (Wildman–Crippen LogP) is 2.78. The fraction of sp³-hybridized carbons (Fsp3) is 0.929. The van der Waals surface area contributed by atoms with Crippen molar-refractivity contribution >= 4 is 0 Å². The van der Waals surface area contributed by atoms with E-state index in [1.54, 1.807) is 0 Å². The Kier molecular flexibility index (Phi) is 9.11. The summed E-state index contributed by atoms with van der Waals surface area (Å²) in [7, 11) is 2.16. The predicted molar refractivity (Wildman–Crippen MR) is 74.0 cm³/mol. The molecule has 0 bridgehead atoms. The summed E-state index contributed by atoms with van der Waals surface area (Å²) in [6, 6.07) is 2.48. The lowest BCUT2D eigenvalue weighted by Crippen LogP contribution is -2.44. The minimum absolute atomic E-state index is 0.303. The monoisotopic (exact) mass is 239 g/mol. The standard InChI is InChI=1S/C14H29N3/c1-5-10-16-14(7-3,13-15)9-8-12-17(4)11-6-2/h16H,5-12H2,1-4H3. The number of nitrogens with zero attached hydrogens (tertiary/aromatic N) is 2. The van der Waals surface area contributed by atoms with E-state index >= 15 is 0 Å². The summed E-state index contributed by atoms with van der Waals surface area (Å²) in [5.74, 6) is 0. The average molecular weight is 239 g/mol. The van der Waals surface area contributed by atoms with Crippen LogP contribution in [0.4, 0.5) is 0 Å². The first-order valence-corrected chi connectivity index (χ1v) is 6.99. The van der Waals surface area contributed by atoms with Gasteiger partial charge in [-0.15, -0.1) is 0 Å². The average Bonchev–Trinajstić information content (AvgIpc) is 2.34. The molecular formula is C14H29N3. The molecule has 0 aromatic carbocycles. The van der Waals surface area contributed by atoms with E-state index in [0.717, 1.165) is 45.3 Å². The van der Waals surface area contributed by atoms with Gasteiger partial charge in [-0.05, 0) is 58.8 Å². The van der Waals surface area contributed by atoms with Gasteiger partial charge in [-0.2, -0.15) is 5.26 Å². The van der Waals surface area contributed by atoms with Crippen molar-refractivity contribution in [2.45, 2.75) is 58.4 Å². The molecule has 0 aromatic rings. The van der Waals surface area contributed by atoms with Crippen molar-refractivity contribution in [2.75, 3.05) is 26.7 Å². The maximum absolute atomic E-state index is 9.35. The quantitative estimate of drug-likeness (QED) is 0.637. The Morgan fingerprint density at radius 2 is 1.88 bits per heavy atom. The second-order valence-electron chi connectivity index (χ2n) is 4.88. The van der Waals surface area contributed by atoms with Gasteiger partial charge in [0, 0.05) is 0 Å². The number of nitrogens with one attached hydrogen (secondary N) is 1. The summed E-state index contributed by atoms with van der Waals surface area (Å²) in [4.78, 5) is 2.34. The van der Waals surface area contributed by atoms with Crippen LogP contribution < -0.4 is 5.32 Å². The van der Waals surface area contributed by atoms with Gasteiger partial charge in [0.25, 0.3) is 0 Å². The minimum Gasteiger partial charge on any atom is -0.306 e. The molecule has 0 radical (unpaired) electrons. The van der Waals surface area contributed by atoms with Crippen molar-refractivity contribution < 1.29 is 0 Å². The van der Waals surface area contributed by atoms with E-state index in [4.69, 9.17) is 0 Å². The van der Waals surface area contributed by atoms with E-state index in [9.17, 15) is 5.26 Å². The summed E-state index contributed by atoms with van der Waals surface area (Å²) in [5, 5.41) is 12.8. The number of hydrogen-bond donors (Lipinski definition) is 1. The van der Waals surface area contributed by atoms with Crippen molar-refractivity contribution in [3.8, 4) is 6.07 Å². The summed E-state index contributed by atoms with van der Waals surface area (Å²) in [5.41, 5.74) is -0.303. The molecule has 17 heavy (non-hydrogen) atoms. The third-order valence-electron chi connectivity index (χ3n) is 3.28. The topological polar surface area (TPSA) is 39.1 Å². The maximum Gasteiger partial charge on any atom is 0.106 e. The van der Waals surface area contributed by atoms with Gasteiger partial charge in [0.2, 0.25) is 0 Å². The zero-order valence-electron chi connectivity index (χ0n) is 12.1. The normalized spacial score (nSPS) is 14.6. The molecule has 0 spiro atoms. The Bertz CT molecular complexity index is 222. The number of hydrogen-bond acceptors (Lipinski definition) is 3. The molecule has 0 aliphatic heterocycles. The van der Waals surface area contributed by atoms with Crippen molar-refractivity contribution in [1.82, 2.24) is 10.2 Å². The lowest BCUT2D eigenvalue weighted by molar-refractivity contribution is 0.294. The zero-order chi connectivity index (χ0) is 13.1. The summed E-state index contributed by atoms with van der Waals surface area (Å²) < 4.78 is 0. The molecule has 0 amide bonds. The van der Waals surface area contributed by atoms with Gasteiger partial charge in [-0.25, -0.2) is 0 Å². The first kappa shape index (κ1) is 16.4. The van der Waals surface area contributed by atoms with Crippen LogP contribution in [0.5, 0.6) is 0 Å². The van der Waals surface area contributed by atoms with Gasteiger partial charge >= 0.3 is 0 Å². The molecule has 1 N–H and O–H groups in total. The molecule has 100 valence electrons. The Morgan fingerprint density at radius 3 is 2.35 bits per heavy atom. The second-order valence-corrected chi connectivity index (χ2v) is 4.88. The van der Waals surface area contributed by atoms with Gasteiger partial charge in [0.05, 0.1) is 6.07 Å². The van der Waals surface area contributed by atoms with Crippen LogP contribution in [-0.4, -0.2) is 37.1 Å². The van der Waals surface area contributed by atoms with E-state index in [1.807, 2.05) is 0 Å². The van der Waals surface area contributed by atoms with Gasteiger partial charge < -0.3 is 4.90 Å². The van der Waals surface area contributed by atoms with E-state index in [0.29, 0.717) is 0 Å². The summed E-state index contributed by atoms with van der Waals surface area (Å²) >= 11 is 0. The molecule has 0 fully saturated rings. The molecule has 0 rings (SSSR count). The lowest BCUT2D eigenvalue weighted by atomic mass is 9.91. The Morgan fingerprint density at radius 1 is 1.18 bits per heavy atom. The first-order chi connectivity index (χ1) is 8.14. The summed E-state index contributed by atoms with van der Waals surface area (Å²) in [6.07, 6.45) is 5.21. The maximum atomic E-state index is 9.35. The molecule has 0 saturated heterocycles. The van der Waals surface area contributed by atoms with Crippen molar-refractivity contribution in [1.29, 1.82) is 5.26 Å². The molecule has 1 atom stereocenters. The van der Waals surface area contributed by atoms with Crippen molar-refractivity contribution in [3.63, 3.8) is 0 Å². The zero-order valence-corrected chi connectivity index (χ0v) is 12.1. The summed E-state index contributed by atoms with van der Waals surface area (Å²) in [6.45, 7) is 9.61. The van der Waals surface area contributed by atoms with Crippen molar-refractivity contribution in [2.24, 2.45) is 0 Å². The van der Waals surface area contributed by atoms with E-state index < -0.39 is 0 Å². The first-order valence-electron chi connectivity index (χ1n) is 6.99. The van der Waals surface area contributed by atoms with E-state index in [2.05, 4.69) is 44.1 Å². The number of nitriles is 1. The Labute approximate surface area is 107 Å². The van der Waals surface area contributed by atoms with Crippen LogP contribution in [0.15, 0.2) is 0 Å². The highest BCUT2D eigenvalue weighted by atomic mass is 15.1. The van der Waals surface area contributed by atoms with Crippen LogP contribution in [0, 0.1) is 11.3 Å². The molecule has 0 heterocycles. The Hall–Kier alpha value is -0.590. The van der Waals surface area contributed by atoms with Crippen LogP contribution in [-0.2, 0) is 0 Å². The second kappa shape index (κ2) is 9.44. The molecule has 0 aromatic heterocycles. The van der Waals surface area contributed by atoms with E-state index in [-0.39, 0.29) is 5.54 Å². The van der Waals surface area contributed by atoms with Gasteiger partial charge in [0.1, 0.15) is 5.54 Å². The van der Waals surface area contributed by atoms with Crippen LogP contribution >= 0.6 is 0 Å². The molecule has 0 saturated carbocycles. The SMILES string of the molecule is CCCNC(C#N)(CC)CCCN(C)CCC. The lowest BCUT2D eigenvalue weighted by Gasteiger charge is -2.27. The molecular weight excluding hydrogens is 210 g/mol. The highest BCUT2D eigenvalue weighted by molar-refractivity contribution is 5.06. The largest absolute Gasteiger partial charge is 0.306 e. The van der Waals surface area contributed by atoms with Crippen LogP contribution in [0.2, 0.25) is 0 Å². The van der Waals surface area contributed by atoms with Gasteiger partial charge in [-0.1, -0.05) is 20.8 Å². The van der Waals surface area contributed by atoms with Crippen LogP contribution in [0.1, 0.15) is 52.9 Å². The van der Waals surface area contributed by atoms with Gasteiger partial charge in [-0.3, -0.25) is 5.32 Å². The molecule has 3 heteroatoms. The highest BCUT2D eigenvalue weighted by Gasteiger charge is 2.26. The van der Waals surface area contributed by atoms with Gasteiger partial charge in [0.15, 0.2) is 0 Å². The third kappa shape index (κ3) is 6.65. The van der Waals surface area contributed by atoms with Crippen LogP contribution in [0.25, 0.3) is 0 Å². The number of rotatable bonds is 10.